The van der Waals surface area contributed by atoms with Gasteiger partial charge in [-0.1, -0.05) is 44.7 Å². The van der Waals surface area contributed by atoms with Gasteiger partial charge in [-0.25, -0.2) is 9.59 Å². The fourth-order valence-electron chi connectivity index (χ4n) is 3.77. The lowest BCUT2D eigenvalue weighted by atomic mass is 10.0. The molecule has 0 fully saturated rings. The summed E-state index contributed by atoms with van der Waals surface area (Å²) < 4.78 is 17.3. The normalized spacial score (nSPS) is 13.6. The molecular weight excluding hydrogens is 604 g/mol. The van der Waals surface area contributed by atoms with Crippen LogP contribution in [0.2, 0.25) is 0 Å². The Morgan fingerprint density at radius 2 is 0.919 bits per heavy atom. The number of amides is 2. The summed E-state index contributed by atoms with van der Waals surface area (Å²) in [7, 11) is 0. The van der Waals surface area contributed by atoms with Crippen LogP contribution in [0.5, 0.6) is 0 Å². The zero-order valence-corrected chi connectivity index (χ0v) is 27.4. The molecule has 2 amide bonds. The molecule has 0 aromatic rings. The number of ether oxygens (including phenoxy) is 3. The van der Waals surface area contributed by atoms with Gasteiger partial charge in [0.2, 0.25) is 0 Å². The lowest BCUT2D eigenvalue weighted by Gasteiger charge is -2.26. The van der Waals surface area contributed by atoms with E-state index in [9.17, 15) is 9.59 Å². The van der Waals surface area contributed by atoms with Crippen molar-refractivity contribution >= 4 is 44.0 Å². The Labute approximate surface area is 243 Å². The molecule has 0 aromatic heterocycles. The maximum Gasteiger partial charge on any atom is 0.407 e. The number of hydrogen-bond acceptors (Lipinski definition) is 5. The number of hydrogen-bond donors (Lipinski definition) is 2. The van der Waals surface area contributed by atoms with Gasteiger partial charge in [-0.15, -0.1) is 0 Å². The van der Waals surface area contributed by atoms with Crippen LogP contribution >= 0.6 is 31.9 Å². The van der Waals surface area contributed by atoms with E-state index < -0.39 is 11.2 Å². The molecule has 0 heterocycles. The highest BCUT2D eigenvalue weighted by molar-refractivity contribution is 9.09. The molecule has 2 unspecified atom stereocenters. The van der Waals surface area contributed by atoms with Gasteiger partial charge in [-0.05, 0) is 106 Å². The Bertz CT molecular complexity index is 544. The Morgan fingerprint density at radius 1 is 0.595 bits per heavy atom. The number of nitrogens with one attached hydrogen (secondary N) is 2. The van der Waals surface area contributed by atoms with Crippen LogP contribution in [-0.4, -0.2) is 59.3 Å². The van der Waals surface area contributed by atoms with Crippen molar-refractivity contribution in [3.63, 3.8) is 0 Å². The van der Waals surface area contributed by atoms with Crippen LogP contribution in [0.1, 0.15) is 119 Å². The van der Waals surface area contributed by atoms with E-state index in [2.05, 4.69) is 42.5 Å². The number of alkyl carbamates (subject to hydrolysis) is 2. The minimum absolute atomic E-state index is 0.231. The number of halogens is 2. The Balaban J connectivity index is 4.60. The Kier molecular flexibility index (Phi) is 21.0. The van der Waals surface area contributed by atoms with Crippen molar-refractivity contribution in [3.05, 3.63) is 0 Å². The highest BCUT2D eigenvalue weighted by atomic mass is 79.9. The summed E-state index contributed by atoms with van der Waals surface area (Å²) in [5.74, 6) is 0. The van der Waals surface area contributed by atoms with E-state index in [4.69, 9.17) is 14.2 Å². The average Bonchev–Trinajstić information content (AvgIpc) is 2.76. The molecule has 0 saturated carbocycles. The SMILES string of the molecule is CC(C)(C)OC(=O)NCCCCC(CCCCBr)OC(CCCCBr)CCCCNC(=O)OC(C)(C)C. The van der Waals surface area contributed by atoms with Crippen molar-refractivity contribution in [1.82, 2.24) is 10.6 Å². The van der Waals surface area contributed by atoms with Crippen molar-refractivity contribution < 1.29 is 23.8 Å². The van der Waals surface area contributed by atoms with Gasteiger partial charge in [0.05, 0.1) is 12.2 Å². The third-order valence-corrected chi connectivity index (χ3v) is 6.57. The first-order valence-corrected chi connectivity index (χ1v) is 16.3. The van der Waals surface area contributed by atoms with Crippen LogP contribution < -0.4 is 10.6 Å². The highest BCUT2D eigenvalue weighted by Gasteiger charge is 2.19. The quantitative estimate of drug-likeness (QED) is 0.102. The monoisotopic (exact) mass is 656 g/mol. The second-order valence-corrected chi connectivity index (χ2v) is 13.2. The molecule has 0 rings (SSSR count). The van der Waals surface area contributed by atoms with Gasteiger partial charge < -0.3 is 24.8 Å². The summed E-state index contributed by atoms with van der Waals surface area (Å²) in [5, 5.41) is 7.72. The smallest absolute Gasteiger partial charge is 0.407 e. The molecule has 37 heavy (non-hydrogen) atoms. The van der Waals surface area contributed by atoms with E-state index in [-0.39, 0.29) is 24.4 Å². The van der Waals surface area contributed by atoms with Crippen molar-refractivity contribution in [3.8, 4) is 0 Å². The number of carbonyl (C=O) groups is 2. The van der Waals surface area contributed by atoms with Crippen molar-refractivity contribution in [2.24, 2.45) is 0 Å². The average molecular weight is 659 g/mol. The van der Waals surface area contributed by atoms with Crippen LogP contribution in [0.3, 0.4) is 0 Å². The number of carbonyl (C=O) groups excluding carboxylic acids is 2. The summed E-state index contributed by atoms with van der Waals surface area (Å²) in [4.78, 5) is 23.7. The predicted molar refractivity (Wildman–Crippen MR) is 160 cm³/mol. The van der Waals surface area contributed by atoms with E-state index in [1.807, 2.05) is 41.5 Å². The second kappa shape index (κ2) is 21.3. The van der Waals surface area contributed by atoms with Gasteiger partial charge in [0, 0.05) is 23.7 Å². The molecule has 0 aromatic carbocycles. The third-order valence-electron chi connectivity index (χ3n) is 5.45. The van der Waals surface area contributed by atoms with E-state index in [1.165, 1.54) is 0 Å². The van der Waals surface area contributed by atoms with Crippen LogP contribution in [0, 0.1) is 0 Å². The zero-order valence-electron chi connectivity index (χ0n) is 24.3. The topological polar surface area (TPSA) is 85.9 Å². The lowest BCUT2D eigenvalue weighted by Crippen LogP contribution is -2.33. The maximum atomic E-state index is 11.9. The minimum Gasteiger partial charge on any atom is -0.444 e. The predicted octanol–water partition coefficient (Wildman–Crippen LogP) is 8.26. The Morgan fingerprint density at radius 3 is 1.22 bits per heavy atom. The summed E-state index contributed by atoms with van der Waals surface area (Å²) in [6.07, 6.45) is 12.2. The highest BCUT2D eigenvalue weighted by Crippen LogP contribution is 2.21. The van der Waals surface area contributed by atoms with Gasteiger partial charge in [-0.2, -0.15) is 0 Å². The van der Waals surface area contributed by atoms with Crippen molar-refractivity contribution in [1.29, 1.82) is 0 Å². The number of unbranched alkanes of at least 4 members (excludes halogenated alkanes) is 4. The lowest BCUT2D eigenvalue weighted by molar-refractivity contribution is -0.0318. The van der Waals surface area contributed by atoms with Crippen molar-refractivity contribution in [2.45, 2.75) is 142 Å². The molecule has 0 radical (unpaired) electrons. The second-order valence-electron chi connectivity index (χ2n) is 11.6. The first-order valence-electron chi connectivity index (χ1n) is 14.1. The summed E-state index contributed by atoms with van der Waals surface area (Å²) >= 11 is 7.08. The zero-order chi connectivity index (χ0) is 28.2. The van der Waals surface area contributed by atoms with E-state index in [1.54, 1.807) is 0 Å². The molecule has 0 bridgehead atoms. The van der Waals surface area contributed by atoms with Crippen LogP contribution in [-0.2, 0) is 14.2 Å². The molecule has 2 atom stereocenters. The van der Waals surface area contributed by atoms with E-state index in [0.29, 0.717) is 13.1 Å². The van der Waals surface area contributed by atoms with Crippen LogP contribution in [0.25, 0.3) is 0 Å². The van der Waals surface area contributed by atoms with Gasteiger partial charge >= 0.3 is 12.2 Å². The summed E-state index contributed by atoms with van der Waals surface area (Å²) in [6, 6.07) is 0. The van der Waals surface area contributed by atoms with Crippen molar-refractivity contribution in [2.75, 3.05) is 23.7 Å². The fourth-order valence-corrected chi connectivity index (χ4v) is 4.56. The standard InChI is InChI=1S/C28H54Br2N2O5/c1-27(2,3)36-25(33)31-21-13-9-17-23(15-7-11-19-29)35-24(16-8-12-20-30)18-10-14-22-32-26(34)37-28(4,5)6/h23-24H,7-22H2,1-6H3,(H,31,33)(H,32,34). The van der Waals surface area contributed by atoms with Crippen LogP contribution in [0.15, 0.2) is 0 Å². The first kappa shape index (κ1) is 36.5. The van der Waals surface area contributed by atoms with Gasteiger partial charge in [0.25, 0.3) is 0 Å². The molecule has 0 aliphatic rings. The largest absolute Gasteiger partial charge is 0.444 e. The fraction of sp³-hybridized carbons (Fsp3) is 0.929. The third kappa shape index (κ3) is 25.5. The molecule has 220 valence electrons. The minimum atomic E-state index is -0.478. The Hall–Kier alpha value is -0.540. The van der Waals surface area contributed by atoms with Crippen LogP contribution in [0.4, 0.5) is 9.59 Å². The molecule has 7 nitrogen and oxygen atoms in total. The molecule has 0 aliphatic carbocycles. The summed E-state index contributed by atoms with van der Waals surface area (Å²) in [6.45, 7) is 12.4. The van der Waals surface area contributed by atoms with Gasteiger partial charge in [-0.3, -0.25) is 0 Å². The molecule has 2 N–H and O–H groups in total. The first-order chi connectivity index (χ1) is 17.4. The molecule has 0 spiro atoms. The molecule has 9 heteroatoms. The molecular formula is C28H54Br2N2O5. The maximum absolute atomic E-state index is 11.9. The molecule has 0 aliphatic heterocycles. The van der Waals surface area contributed by atoms with E-state index >= 15 is 0 Å². The summed E-state index contributed by atoms with van der Waals surface area (Å²) in [5.41, 5.74) is -0.956. The van der Waals surface area contributed by atoms with Gasteiger partial charge in [0.1, 0.15) is 11.2 Å². The number of rotatable bonds is 20. The molecule has 0 saturated heterocycles. The number of alkyl halides is 2. The van der Waals surface area contributed by atoms with Gasteiger partial charge in [0.15, 0.2) is 0 Å². The van der Waals surface area contributed by atoms with E-state index in [0.717, 1.165) is 87.7 Å².